The molecular weight excluding hydrogens is 658 g/mol. The maximum Gasteiger partial charge on any atom is 0.257 e. The molecule has 3 amide bonds. The third-order valence-electron chi connectivity index (χ3n) is 5.94. The second-order valence-electron chi connectivity index (χ2n) is 8.47. The van der Waals surface area contributed by atoms with Crippen molar-refractivity contribution in [1.82, 2.24) is 15.7 Å². The van der Waals surface area contributed by atoms with Crippen molar-refractivity contribution in [3.05, 3.63) is 97.0 Å². The molecule has 10 nitrogen and oxygen atoms in total. The molecule has 0 spiro atoms. The number of amides is 3. The summed E-state index contributed by atoms with van der Waals surface area (Å²) >= 11 is 14.3. The number of aliphatic imine (C=N–C) groups is 1. The van der Waals surface area contributed by atoms with Gasteiger partial charge in [-0.2, -0.15) is 0 Å². The number of carbonyl (C=O) groups is 3. The van der Waals surface area contributed by atoms with Gasteiger partial charge in [0.2, 0.25) is 11.9 Å². The lowest BCUT2D eigenvalue weighted by molar-refractivity contribution is -0.129. The summed E-state index contributed by atoms with van der Waals surface area (Å²) in [5.74, 6) is -1.79. The van der Waals surface area contributed by atoms with E-state index in [1.807, 2.05) is 0 Å². The van der Waals surface area contributed by atoms with Gasteiger partial charge in [0.15, 0.2) is 0 Å². The van der Waals surface area contributed by atoms with Crippen LogP contribution < -0.4 is 21.8 Å². The molecule has 202 valence electrons. The molecule has 4 rings (SSSR count). The molecular formula is C26H23Cl2IN6O4. The van der Waals surface area contributed by atoms with Gasteiger partial charge in [0, 0.05) is 20.2 Å². The molecule has 0 radical (unpaired) electrons. The Bertz CT molecular complexity index is 1420. The van der Waals surface area contributed by atoms with E-state index in [0.29, 0.717) is 26.9 Å². The van der Waals surface area contributed by atoms with Crippen LogP contribution >= 0.6 is 45.8 Å². The van der Waals surface area contributed by atoms with Gasteiger partial charge in [-0.1, -0.05) is 47.5 Å². The Morgan fingerprint density at radius 2 is 1.72 bits per heavy atom. The predicted molar refractivity (Wildman–Crippen MR) is 157 cm³/mol. The third-order valence-corrected chi connectivity index (χ3v) is 7.11. The SMILES string of the molecule is NC(=NCCNC(=O)C(c1ccc(Cl)cc1)N1C(=O)c2cc(I)ccc2NC(=O)C1c1ccc(Cl)cc1)NO. The van der Waals surface area contributed by atoms with Crippen molar-refractivity contribution >= 4 is 75.2 Å². The third kappa shape index (κ3) is 6.61. The van der Waals surface area contributed by atoms with E-state index in [9.17, 15) is 14.4 Å². The number of anilines is 1. The molecule has 0 saturated carbocycles. The molecule has 0 saturated heterocycles. The van der Waals surface area contributed by atoms with Crippen LogP contribution in [-0.4, -0.2) is 46.9 Å². The van der Waals surface area contributed by atoms with E-state index in [1.54, 1.807) is 72.2 Å². The fraction of sp³-hybridized carbons (Fsp3) is 0.154. The van der Waals surface area contributed by atoms with Crippen LogP contribution in [0.15, 0.2) is 71.7 Å². The number of hydrogen-bond donors (Lipinski definition) is 5. The molecule has 0 bridgehead atoms. The average Bonchev–Trinajstić information content (AvgIpc) is 3.02. The number of guanidine groups is 1. The number of hydrogen-bond acceptors (Lipinski definition) is 5. The first-order chi connectivity index (χ1) is 18.7. The fourth-order valence-electron chi connectivity index (χ4n) is 4.18. The number of nitrogens with zero attached hydrogens (tertiary/aromatic N) is 2. The van der Waals surface area contributed by atoms with Gasteiger partial charge in [0.1, 0.15) is 12.1 Å². The van der Waals surface area contributed by atoms with Gasteiger partial charge in [0.05, 0.1) is 17.8 Å². The summed E-state index contributed by atoms with van der Waals surface area (Å²) in [6.07, 6.45) is 0. The number of halogens is 3. The molecule has 1 heterocycles. The minimum atomic E-state index is -1.23. The number of carbonyl (C=O) groups excluding carboxylic acids is 3. The molecule has 0 aromatic heterocycles. The van der Waals surface area contributed by atoms with E-state index in [1.165, 1.54) is 4.90 Å². The molecule has 0 aliphatic carbocycles. The quantitative estimate of drug-likeness (QED) is 0.0841. The Kier molecular flexibility index (Phi) is 9.28. The minimum absolute atomic E-state index is 0.0413. The minimum Gasteiger partial charge on any atom is -0.368 e. The monoisotopic (exact) mass is 680 g/mol. The Hall–Kier alpha value is -3.39. The van der Waals surface area contributed by atoms with Gasteiger partial charge >= 0.3 is 0 Å². The lowest BCUT2D eigenvalue weighted by atomic mass is 9.97. The summed E-state index contributed by atoms with van der Waals surface area (Å²) < 4.78 is 0.777. The van der Waals surface area contributed by atoms with Crippen LogP contribution in [0.25, 0.3) is 0 Å². The highest BCUT2D eigenvalue weighted by atomic mass is 127. The van der Waals surface area contributed by atoms with Gasteiger partial charge in [0.25, 0.3) is 11.8 Å². The second kappa shape index (κ2) is 12.6. The van der Waals surface area contributed by atoms with Crippen LogP contribution in [0.3, 0.4) is 0 Å². The molecule has 2 unspecified atom stereocenters. The highest BCUT2D eigenvalue weighted by Gasteiger charge is 2.43. The van der Waals surface area contributed by atoms with Crippen LogP contribution in [0.5, 0.6) is 0 Å². The molecule has 2 atom stereocenters. The summed E-state index contributed by atoms with van der Waals surface area (Å²) in [6.45, 7) is 0.0914. The zero-order chi connectivity index (χ0) is 28.1. The van der Waals surface area contributed by atoms with Gasteiger partial charge in [-0.05, 0) is 76.2 Å². The molecule has 3 aromatic rings. The predicted octanol–water partition coefficient (Wildman–Crippen LogP) is 3.88. The molecule has 3 aromatic carbocycles. The van der Waals surface area contributed by atoms with E-state index in [2.05, 4.69) is 38.2 Å². The van der Waals surface area contributed by atoms with Crippen molar-refractivity contribution in [3.63, 3.8) is 0 Å². The number of hydroxylamine groups is 1. The zero-order valence-corrected chi connectivity index (χ0v) is 23.9. The van der Waals surface area contributed by atoms with Crippen molar-refractivity contribution < 1.29 is 19.6 Å². The maximum atomic E-state index is 14.3. The largest absolute Gasteiger partial charge is 0.368 e. The number of benzene rings is 3. The van der Waals surface area contributed by atoms with Gasteiger partial charge in [-0.15, -0.1) is 0 Å². The first-order valence-electron chi connectivity index (χ1n) is 11.6. The van der Waals surface area contributed by atoms with Crippen LogP contribution in [0.2, 0.25) is 10.0 Å². The van der Waals surface area contributed by atoms with Gasteiger partial charge < -0.3 is 21.3 Å². The normalized spacial score (nSPS) is 16.2. The molecule has 6 N–H and O–H groups in total. The number of nitrogens with two attached hydrogens (primary N) is 1. The highest BCUT2D eigenvalue weighted by Crippen LogP contribution is 2.38. The van der Waals surface area contributed by atoms with Crippen LogP contribution in [0.4, 0.5) is 5.69 Å². The fourth-order valence-corrected chi connectivity index (χ4v) is 4.92. The smallest absolute Gasteiger partial charge is 0.257 e. The lowest BCUT2D eigenvalue weighted by Gasteiger charge is -2.35. The Labute approximate surface area is 247 Å². The van der Waals surface area contributed by atoms with Crippen molar-refractivity contribution in [2.45, 2.75) is 12.1 Å². The summed E-state index contributed by atoms with van der Waals surface area (Å²) in [6, 6.07) is 15.6. The molecule has 0 fully saturated rings. The summed E-state index contributed by atoms with van der Waals surface area (Å²) in [7, 11) is 0. The van der Waals surface area contributed by atoms with Gasteiger partial charge in [-0.3, -0.25) is 19.6 Å². The lowest BCUT2D eigenvalue weighted by Crippen LogP contribution is -2.47. The van der Waals surface area contributed by atoms with Crippen molar-refractivity contribution in [2.75, 3.05) is 18.4 Å². The highest BCUT2D eigenvalue weighted by molar-refractivity contribution is 14.1. The Morgan fingerprint density at radius 1 is 1.08 bits per heavy atom. The van der Waals surface area contributed by atoms with Crippen molar-refractivity contribution in [2.24, 2.45) is 10.7 Å². The molecule has 13 heteroatoms. The van der Waals surface area contributed by atoms with E-state index in [0.717, 1.165) is 3.57 Å². The average molecular weight is 681 g/mol. The summed E-state index contributed by atoms with van der Waals surface area (Å²) in [5.41, 5.74) is 8.62. The van der Waals surface area contributed by atoms with Gasteiger partial charge in [-0.25, -0.2) is 10.5 Å². The van der Waals surface area contributed by atoms with E-state index in [4.69, 9.17) is 34.1 Å². The van der Waals surface area contributed by atoms with Crippen LogP contribution in [-0.2, 0) is 9.59 Å². The van der Waals surface area contributed by atoms with E-state index < -0.39 is 29.8 Å². The van der Waals surface area contributed by atoms with Crippen LogP contribution in [0.1, 0.15) is 33.6 Å². The number of nitrogens with one attached hydrogen (secondary N) is 3. The second-order valence-corrected chi connectivity index (χ2v) is 10.6. The zero-order valence-electron chi connectivity index (χ0n) is 20.2. The van der Waals surface area contributed by atoms with Crippen LogP contribution in [0, 0.1) is 3.57 Å². The van der Waals surface area contributed by atoms with E-state index in [-0.39, 0.29) is 24.6 Å². The van der Waals surface area contributed by atoms with Crippen molar-refractivity contribution in [3.8, 4) is 0 Å². The summed E-state index contributed by atoms with van der Waals surface area (Å²) in [4.78, 5) is 46.9. The first kappa shape index (κ1) is 28.6. The Morgan fingerprint density at radius 3 is 2.36 bits per heavy atom. The van der Waals surface area contributed by atoms with E-state index >= 15 is 0 Å². The standard InChI is InChI=1S/C26H23Cl2IN6O4/c27-16-5-1-14(2-6-16)21(23(36)31-11-12-32-26(30)34-39)35-22(15-3-7-17(28)8-4-15)24(37)33-20-10-9-18(29)13-19(20)25(35)38/h1-10,13,21-22,39H,11-12H2,(H,31,36)(H,33,37)(H3,30,32,34). The number of rotatable bonds is 7. The first-order valence-corrected chi connectivity index (χ1v) is 13.4. The van der Waals surface area contributed by atoms with Crippen molar-refractivity contribution in [1.29, 1.82) is 0 Å². The molecule has 1 aliphatic rings. The Balaban J connectivity index is 1.85. The number of fused-ring (bicyclic) bond motifs is 1. The maximum absolute atomic E-state index is 14.3. The molecule has 39 heavy (non-hydrogen) atoms. The summed E-state index contributed by atoms with van der Waals surface area (Å²) in [5, 5.41) is 15.3. The topological polar surface area (TPSA) is 149 Å². The molecule has 1 aliphatic heterocycles.